The van der Waals surface area contributed by atoms with E-state index >= 15 is 4.39 Å². The molecule has 0 radical (unpaired) electrons. The summed E-state index contributed by atoms with van der Waals surface area (Å²) in [7, 11) is 1.96. The number of amides is 4. The van der Waals surface area contributed by atoms with Crippen LogP contribution in [0.2, 0.25) is 0 Å². The maximum absolute atomic E-state index is 15.3. The molecule has 6 aromatic rings. The van der Waals surface area contributed by atoms with Crippen molar-refractivity contribution in [2.24, 2.45) is 17.4 Å². The molecule has 3 aromatic heterocycles. The summed E-state index contributed by atoms with van der Waals surface area (Å²) in [4.78, 5) is 62.7. The average molecular weight is 1070 g/mol. The Morgan fingerprint density at radius 1 is 1.03 bits per heavy atom. The number of urea groups is 1. The highest BCUT2D eigenvalue weighted by molar-refractivity contribution is 7.22. The fraction of sp³-hybridized carbons (Fsp3) is 0.370. The topological polar surface area (TPSA) is 266 Å². The molecule has 0 aliphatic carbocycles. The first-order valence-electron chi connectivity index (χ1n) is 24.8. The Morgan fingerprint density at radius 2 is 1.84 bits per heavy atom. The van der Waals surface area contributed by atoms with Gasteiger partial charge >= 0.3 is 12.0 Å². The number of thiazole rings is 2. The van der Waals surface area contributed by atoms with Crippen molar-refractivity contribution in [2.75, 3.05) is 55.4 Å². The third-order valence-corrected chi connectivity index (χ3v) is 14.5. The Morgan fingerprint density at radius 3 is 2.59 bits per heavy atom. The number of carbonyl (C=O) groups excluding carboxylic acids is 3. The first-order valence-corrected chi connectivity index (χ1v) is 26.5. The standard InChI is InChI=1S/C54H61FN12O7S2/c1-6-26-73-31-36-29-37(59-49(68)41(16-9-23-58-52(57)72)60-50(69)45(56)32(2)3)21-20-35(36)30-66(5)24-10-13-34-19-22-42(39(55)28-34)74-27-12-18-44-46(51(70)71)62-54(76-44)67-25-11-14-38-33(4)47(64-65-48(38)67)63-53-61-40-15-7-8-17-43(40)75-53/h1,7-8,15,17,19-22,28-29,32,41,45H,9,11-12,14,16,18,23-27,30-31,56H2,2-5H3,(H,59,68)(H,60,69)(H,70,71)(H3,57,58,72)(H,61,63,64)/p+1/t41-,45?/m0/s1. The van der Waals surface area contributed by atoms with E-state index in [2.05, 4.69) is 59.2 Å². The highest BCUT2D eigenvalue weighted by atomic mass is 32.1. The second-order valence-electron chi connectivity index (χ2n) is 18.6. The molecule has 0 spiro atoms. The Kier molecular flexibility index (Phi) is 19.6. The van der Waals surface area contributed by atoms with Crippen LogP contribution in [-0.4, -0.2) is 101 Å². The van der Waals surface area contributed by atoms with Crippen LogP contribution in [-0.2, 0) is 40.3 Å². The van der Waals surface area contributed by atoms with Gasteiger partial charge in [0.1, 0.15) is 25.7 Å². The number of aromatic carboxylic acids is 1. The summed E-state index contributed by atoms with van der Waals surface area (Å²) in [5.74, 6) is 7.15. The number of primary amides is 1. The van der Waals surface area contributed by atoms with Crippen LogP contribution in [0.1, 0.15) is 82.7 Å². The highest BCUT2D eigenvalue weighted by Crippen LogP contribution is 2.39. The summed E-state index contributed by atoms with van der Waals surface area (Å²) < 4.78 is 27.9. The third-order valence-electron chi connectivity index (χ3n) is 12.4. The first-order chi connectivity index (χ1) is 36.6. The van der Waals surface area contributed by atoms with Crippen LogP contribution in [0.5, 0.6) is 5.75 Å². The van der Waals surface area contributed by atoms with Crippen molar-refractivity contribution in [1.82, 2.24) is 30.8 Å². The van der Waals surface area contributed by atoms with E-state index in [9.17, 15) is 24.3 Å². The van der Waals surface area contributed by atoms with Gasteiger partial charge in [-0.05, 0) is 105 Å². The van der Waals surface area contributed by atoms with E-state index in [1.807, 2.05) is 63.1 Å². The lowest BCUT2D eigenvalue weighted by Crippen LogP contribution is -3.07. The molecule has 0 saturated carbocycles. The number of halogens is 1. The molecule has 19 nitrogen and oxygen atoms in total. The molecule has 7 rings (SSSR count). The van der Waals surface area contributed by atoms with E-state index in [0.717, 1.165) is 55.3 Å². The molecule has 4 amide bonds. The van der Waals surface area contributed by atoms with Gasteiger partial charge in [-0.15, -0.1) is 28.0 Å². The van der Waals surface area contributed by atoms with Crippen molar-refractivity contribution in [3.63, 3.8) is 0 Å². The SMILES string of the molecule is C#CCOCc1cc(NC(=O)[C@H](CCCNC(N)=O)NC(=O)C(N)C(C)C)ccc1C[NH+](C)CC#Cc1ccc(OCCCc2sc(N3CCCc4c3nnc(Nc3nc5ccccc5s3)c4C)nc2C(=O)O)c(F)c1. The molecule has 3 atom stereocenters. The van der Waals surface area contributed by atoms with Gasteiger partial charge in [-0.3, -0.25) is 9.59 Å². The average Bonchev–Trinajstić information content (AvgIpc) is 4.03. The number of anilines is 5. The van der Waals surface area contributed by atoms with Crippen LogP contribution in [0.3, 0.4) is 0 Å². The summed E-state index contributed by atoms with van der Waals surface area (Å²) in [6.07, 6.45) is 8.40. The first kappa shape index (κ1) is 56.0. The lowest BCUT2D eigenvalue weighted by Gasteiger charge is -2.28. The van der Waals surface area contributed by atoms with Gasteiger partial charge in [-0.2, -0.15) is 0 Å². The normalized spacial score (nSPS) is 13.2. The van der Waals surface area contributed by atoms with Crippen LogP contribution >= 0.6 is 22.7 Å². The molecule has 0 fully saturated rings. The van der Waals surface area contributed by atoms with Crippen molar-refractivity contribution in [2.45, 2.75) is 84.5 Å². The van der Waals surface area contributed by atoms with Gasteiger partial charge in [0.15, 0.2) is 39.2 Å². The van der Waals surface area contributed by atoms with Crippen LogP contribution in [0, 0.1) is 42.8 Å². The zero-order chi connectivity index (χ0) is 54.3. The number of nitrogens with two attached hydrogens (primary N) is 2. The molecular formula is C54H62FN12O7S2+. The van der Waals surface area contributed by atoms with Gasteiger partial charge in [0.2, 0.25) is 11.8 Å². The summed E-state index contributed by atoms with van der Waals surface area (Å²) in [6, 6.07) is 15.4. The van der Waals surface area contributed by atoms with Crippen LogP contribution in [0.4, 0.5) is 36.8 Å². The van der Waals surface area contributed by atoms with E-state index in [1.54, 1.807) is 18.2 Å². The van der Waals surface area contributed by atoms with Gasteiger partial charge in [0.05, 0.1) is 36.5 Å². The lowest BCUT2D eigenvalue weighted by atomic mass is 10.0. The van der Waals surface area contributed by atoms with E-state index in [-0.39, 0.29) is 50.1 Å². The number of nitrogens with zero attached hydrogens (tertiary/aromatic N) is 5. The van der Waals surface area contributed by atoms with Crippen molar-refractivity contribution in [3.8, 4) is 29.9 Å². The Balaban J connectivity index is 0.919. The number of aromatic nitrogens is 4. The van der Waals surface area contributed by atoms with Gasteiger partial charge in [-0.1, -0.05) is 55.2 Å². The number of nitrogens with one attached hydrogen (secondary N) is 5. The minimum absolute atomic E-state index is 0.0343. The van der Waals surface area contributed by atoms with E-state index in [4.69, 9.17) is 27.4 Å². The molecule has 2 unspecified atom stereocenters. The summed E-state index contributed by atoms with van der Waals surface area (Å²) in [5, 5.41) is 31.9. The second kappa shape index (κ2) is 26.7. The van der Waals surface area contributed by atoms with Crippen LogP contribution in [0.15, 0.2) is 60.7 Å². The van der Waals surface area contributed by atoms with Gasteiger partial charge < -0.3 is 57.1 Å². The Labute approximate surface area is 448 Å². The molecule has 76 heavy (non-hydrogen) atoms. The number of carbonyl (C=O) groups is 4. The molecule has 398 valence electrons. The third kappa shape index (κ3) is 15.0. The number of para-hydroxylation sites is 1. The molecule has 10 N–H and O–H groups in total. The maximum Gasteiger partial charge on any atom is 0.355 e. The molecule has 0 saturated heterocycles. The molecule has 3 aromatic carbocycles. The van der Waals surface area contributed by atoms with Gasteiger partial charge in [-0.25, -0.2) is 23.9 Å². The molecule has 1 aliphatic heterocycles. The number of quaternary nitrogens is 1. The number of terminal acetylenes is 1. The van der Waals surface area contributed by atoms with E-state index < -0.39 is 41.7 Å². The number of hydrogen-bond donors (Lipinski definition) is 8. The van der Waals surface area contributed by atoms with Crippen LogP contribution < -0.4 is 47.3 Å². The lowest BCUT2D eigenvalue weighted by molar-refractivity contribution is -0.886. The zero-order valence-corrected chi connectivity index (χ0v) is 44.4. The number of ether oxygens (including phenoxy) is 2. The monoisotopic (exact) mass is 1070 g/mol. The van der Waals surface area contributed by atoms with Crippen molar-refractivity contribution in [3.05, 3.63) is 105 Å². The number of aryl methyl sites for hydroxylation is 1. The summed E-state index contributed by atoms with van der Waals surface area (Å²) >= 11 is 2.83. The molecule has 22 heteroatoms. The van der Waals surface area contributed by atoms with Crippen molar-refractivity contribution in [1.29, 1.82) is 0 Å². The highest BCUT2D eigenvalue weighted by Gasteiger charge is 2.29. The number of hydrogen-bond acceptors (Lipinski definition) is 15. The number of carboxylic acid groups (broad SMARTS) is 1. The fourth-order valence-corrected chi connectivity index (χ4v) is 10.3. The minimum atomic E-state index is -1.13. The Hall–Kier alpha value is -7.73. The molecule has 4 heterocycles. The zero-order valence-electron chi connectivity index (χ0n) is 42.8. The quantitative estimate of drug-likeness (QED) is 0.0271. The molecular weight excluding hydrogens is 1010 g/mol. The Bertz CT molecular complexity index is 3130. The number of carboxylic acids is 1. The molecule has 0 bridgehead atoms. The van der Waals surface area contributed by atoms with E-state index in [0.29, 0.717) is 71.8 Å². The number of benzene rings is 3. The van der Waals surface area contributed by atoms with Crippen molar-refractivity contribution < 1.29 is 43.0 Å². The number of fused-ring (bicyclic) bond motifs is 2. The molecule has 1 aliphatic rings. The second-order valence-corrected chi connectivity index (χ2v) is 20.7. The minimum Gasteiger partial charge on any atom is -0.491 e. The van der Waals surface area contributed by atoms with Gasteiger partial charge in [0.25, 0.3) is 0 Å². The summed E-state index contributed by atoms with van der Waals surface area (Å²) in [5.41, 5.74) is 16.7. The predicted molar refractivity (Wildman–Crippen MR) is 292 cm³/mol. The maximum atomic E-state index is 15.3. The largest absolute Gasteiger partial charge is 0.491 e. The smallest absolute Gasteiger partial charge is 0.355 e. The van der Waals surface area contributed by atoms with E-state index in [1.165, 1.54) is 34.8 Å². The predicted octanol–water partition coefficient (Wildman–Crippen LogP) is 5.60. The fourth-order valence-electron chi connectivity index (χ4n) is 8.31. The van der Waals surface area contributed by atoms with Gasteiger partial charge in [0, 0.05) is 45.9 Å². The van der Waals surface area contributed by atoms with Crippen LogP contribution in [0.25, 0.3) is 10.2 Å². The van der Waals surface area contributed by atoms with Crippen molar-refractivity contribution >= 4 is 84.3 Å². The summed E-state index contributed by atoms with van der Waals surface area (Å²) in [6.45, 7) is 7.76. The number of rotatable bonds is 24.